The number of carbonyl (C=O) groups is 1. The monoisotopic (exact) mass is 469 g/mol. The first kappa shape index (κ1) is 23.3. The SMILES string of the molecule is CC(C)Oc1ccc(CNC(=O)C(C)n2ccc3cc(S(=O)(=O)N4CCCC4)ccc32)cc1. The van der Waals surface area contributed by atoms with Gasteiger partial charge >= 0.3 is 0 Å². The summed E-state index contributed by atoms with van der Waals surface area (Å²) in [5.74, 6) is 0.696. The predicted molar refractivity (Wildman–Crippen MR) is 129 cm³/mol. The third-order valence-electron chi connectivity index (χ3n) is 5.95. The van der Waals surface area contributed by atoms with Gasteiger partial charge in [0.25, 0.3) is 0 Å². The van der Waals surface area contributed by atoms with Gasteiger partial charge in [0.15, 0.2) is 0 Å². The lowest BCUT2D eigenvalue weighted by Gasteiger charge is -2.17. The Morgan fingerprint density at radius 3 is 2.39 bits per heavy atom. The van der Waals surface area contributed by atoms with E-state index in [4.69, 9.17) is 4.74 Å². The Hall–Kier alpha value is -2.84. The molecule has 0 saturated carbocycles. The van der Waals surface area contributed by atoms with E-state index in [0.29, 0.717) is 24.5 Å². The van der Waals surface area contributed by atoms with Gasteiger partial charge < -0.3 is 14.6 Å². The van der Waals surface area contributed by atoms with Crippen LogP contribution in [0.3, 0.4) is 0 Å². The van der Waals surface area contributed by atoms with Gasteiger partial charge in [-0.25, -0.2) is 8.42 Å². The van der Waals surface area contributed by atoms with Crippen molar-refractivity contribution < 1.29 is 17.9 Å². The molecular weight excluding hydrogens is 438 g/mol. The number of nitrogens with one attached hydrogen (secondary N) is 1. The fraction of sp³-hybridized carbons (Fsp3) is 0.400. The molecule has 1 saturated heterocycles. The number of ether oxygens (including phenoxy) is 1. The molecule has 1 unspecified atom stereocenters. The van der Waals surface area contributed by atoms with Crippen LogP contribution in [0, 0.1) is 0 Å². The summed E-state index contributed by atoms with van der Waals surface area (Å²) in [6.45, 7) is 7.37. The number of hydrogen-bond acceptors (Lipinski definition) is 4. The number of nitrogens with zero attached hydrogens (tertiary/aromatic N) is 2. The van der Waals surface area contributed by atoms with Gasteiger partial charge in [-0.2, -0.15) is 4.31 Å². The maximum Gasteiger partial charge on any atom is 0.243 e. The van der Waals surface area contributed by atoms with Gasteiger partial charge in [-0.1, -0.05) is 12.1 Å². The van der Waals surface area contributed by atoms with E-state index in [9.17, 15) is 13.2 Å². The number of carbonyl (C=O) groups excluding carboxylic acids is 1. The topological polar surface area (TPSA) is 80.6 Å². The standard InChI is InChI=1S/C25H31N3O4S/c1-18(2)32-22-8-6-20(7-9-22)17-26-25(29)19(3)28-15-12-21-16-23(10-11-24(21)28)33(30,31)27-13-4-5-14-27/h6-12,15-16,18-19H,4-5,13-14,17H2,1-3H3,(H,26,29). The summed E-state index contributed by atoms with van der Waals surface area (Å²) >= 11 is 0. The lowest BCUT2D eigenvalue weighted by atomic mass is 10.2. The minimum absolute atomic E-state index is 0.108. The molecule has 33 heavy (non-hydrogen) atoms. The summed E-state index contributed by atoms with van der Waals surface area (Å²) in [6, 6.07) is 14.2. The molecule has 1 fully saturated rings. The Morgan fingerprint density at radius 1 is 1.03 bits per heavy atom. The Bertz CT molecular complexity index is 1230. The average Bonchev–Trinajstić information content (AvgIpc) is 3.47. The van der Waals surface area contributed by atoms with Gasteiger partial charge in [0.1, 0.15) is 11.8 Å². The second-order valence-electron chi connectivity index (χ2n) is 8.76. The highest BCUT2D eigenvalue weighted by Crippen LogP contribution is 2.27. The first-order chi connectivity index (χ1) is 15.8. The summed E-state index contributed by atoms with van der Waals surface area (Å²) in [4.78, 5) is 13.1. The van der Waals surface area contributed by atoms with Gasteiger partial charge in [-0.3, -0.25) is 4.79 Å². The Balaban J connectivity index is 1.44. The molecule has 8 heteroatoms. The first-order valence-corrected chi connectivity index (χ1v) is 12.8. The lowest BCUT2D eigenvalue weighted by Crippen LogP contribution is -2.30. The predicted octanol–water partition coefficient (Wildman–Crippen LogP) is 4.09. The number of hydrogen-bond donors (Lipinski definition) is 1. The third-order valence-corrected chi connectivity index (χ3v) is 7.85. The first-order valence-electron chi connectivity index (χ1n) is 11.4. The van der Waals surface area contributed by atoms with E-state index in [0.717, 1.165) is 35.1 Å². The van der Waals surface area contributed by atoms with Crippen LogP contribution in [0.15, 0.2) is 59.6 Å². The molecule has 2 heterocycles. The van der Waals surface area contributed by atoms with Crippen molar-refractivity contribution in [3.8, 4) is 5.75 Å². The Labute approximate surface area is 195 Å². The molecule has 4 rings (SSSR count). The van der Waals surface area contributed by atoms with Crippen LogP contribution in [0.5, 0.6) is 5.75 Å². The molecule has 1 aromatic heterocycles. The number of rotatable bonds is 8. The zero-order chi connectivity index (χ0) is 23.6. The average molecular weight is 470 g/mol. The molecule has 3 aromatic rings. The van der Waals surface area contributed by atoms with Crippen LogP contribution in [0.2, 0.25) is 0 Å². The molecule has 0 bridgehead atoms. The second-order valence-corrected chi connectivity index (χ2v) is 10.7. The fourth-order valence-corrected chi connectivity index (χ4v) is 5.69. The zero-order valence-electron chi connectivity index (χ0n) is 19.3. The van der Waals surface area contributed by atoms with Crippen molar-refractivity contribution in [3.05, 3.63) is 60.3 Å². The lowest BCUT2D eigenvalue weighted by molar-refractivity contribution is -0.123. The van der Waals surface area contributed by atoms with Crippen LogP contribution in [0.25, 0.3) is 10.9 Å². The van der Waals surface area contributed by atoms with Crippen LogP contribution < -0.4 is 10.1 Å². The van der Waals surface area contributed by atoms with Crippen molar-refractivity contribution >= 4 is 26.8 Å². The molecule has 1 N–H and O–H groups in total. The zero-order valence-corrected chi connectivity index (χ0v) is 20.1. The summed E-state index contributed by atoms with van der Waals surface area (Å²) in [7, 11) is -3.47. The number of aromatic nitrogens is 1. The van der Waals surface area contributed by atoms with Crippen molar-refractivity contribution in [2.45, 2.75) is 57.2 Å². The van der Waals surface area contributed by atoms with E-state index in [-0.39, 0.29) is 12.0 Å². The van der Waals surface area contributed by atoms with E-state index in [1.165, 1.54) is 0 Å². The Morgan fingerprint density at radius 2 is 1.73 bits per heavy atom. The quantitative estimate of drug-likeness (QED) is 0.539. The maximum atomic E-state index is 12.9. The van der Waals surface area contributed by atoms with E-state index in [2.05, 4.69) is 5.32 Å². The van der Waals surface area contributed by atoms with Gasteiger partial charge in [0.2, 0.25) is 15.9 Å². The van der Waals surface area contributed by atoms with Crippen molar-refractivity contribution in [2.24, 2.45) is 0 Å². The molecular formula is C25H31N3O4S. The molecule has 1 aliphatic rings. The number of amides is 1. The summed E-state index contributed by atoms with van der Waals surface area (Å²) in [5.41, 5.74) is 1.81. The number of sulfonamides is 1. The molecule has 1 aliphatic heterocycles. The van der Waals surface area contributed by atoms with Crippen molar-refractivity contribution in [2.75, 3.05) is 13.1 Å². The van der Waals surface area contributed by atoms with E-state index >= 15 is 0 Å². The highest BCUT2D eigenvalue weighted by Gasteiger charge is 2.27. The largest absolute Gasteiger partial charge is 0.491 e. The minimum atomic E-state index is -3.47. The third kappa shape index (κ3) is 5.07. The van der Waals surface area contributed by atoms with Crippen molar-refractivity contribution in [1.29, 1.82) is 0 Å². The van der Waals surface area contributed by atoms with Crippen LogP contribution in [-0.2, 0) is 21.4 Å². The second kappa shape index (κ2) is 9.57. The van der Waals surface area contributed by atoms with Crippen LogP contribution >= 0.6 is 0 Å². The normalized spacial score (nSPS) is 15.8. The molecule has 0 aliphatic carbocycles. The van der Waals surface area contributed by atoms with Gasteiger partial charge in [0.05, 0.1) is 11.0 Å². The molecule has 1 amide bonds. The number of benzene rings is 2. The van der Waals surface area contributed by atoms with E-state index in [1.807, 2.05) is 61.9 Å². The summed E-state index contributed by atoms with van der Waals surface area (Å²) in [6.07, 6.45) is 3.75. The highest BCUT2D eigenvalue weighted by molar-refractivity contribution is 7.89. The fourth-order valence-electron chi connectivity index (χ4n) is 4.14. The van der Waals surface area contributed by atoms with E-state index in [1.54, 1.807) is 22.5 Å². The minimum Gasteiger partial charge on any atom is -0.491 e. The molecule has 0 radical (unpaired) electrons. The van der Waals surface area contributed by atoms with Crippen LogP contribution in [0.4, 0.5) is 0 Å². The van der Waals surface area contributed by atoms with Crippen molar-refractivity contribution in [1.82, 2.24) is 14.2 Å². The Kier molecular flexibility index (Phi) is 6.76. The molecule has 0 spiro atoms. The number of fused-ring (bicyclic) bond motifs is 1. The van der Waals surface area contributed by atoms with Crippen LogP contribution in [0.1, 0.15) is 45.2 Å². The molecule has 1 atom stereocenters. The molecule has 176 valence electrons. The molecule has 7 nitrogen and oxygen atoms in total. The van der Waals surface area contributed by atoms with E-state index < -0.39 is 16.1 Å². The summed E-state index contributed by atoms with van der Waals surface area (Å²) < 4.78 is 34.8. The van der Waals surface area contributed by atoms with Gasteiger partial charge in [0, 0.05) is 36.7 Å². The molecule has 2 aromatic carbocycles. The summed E-state index contributed by atoms with van der Waals surface area (Å²) in [5, 5.41) is 3.78. The van der Waals surface area contributed by atoms with Gasteiger partial charge in [-0.05, 0) is 75.6 Å². The smallest absolute Gasteiger partial charge is 0.243 e. The maximum absolute atomic E-state index is 12.9. The van der Waals surface area contributed by atoms with Crippen LogP contribution in [-0.4, -0.2) is 42.4 Å². The van der Waals surface area contributed by atoms with Gasteiger partial charge in [-0.15, -0.1) is 0 Å². The highest BCUT2D eigenvalue weighted by atomic mass is 32.2. The van der Waals surface area contributed by atoms with Crippen molar-refractivity contribution in [3.63, 3.8) is 0 Å².